The molecule has 0 amide bonds. The predicted molar refractivity (Wildman–Crippen MR) is 86.4 cm³/mol. The number of unbranched alkanes of at least 4 members (excludes halogenated alkanes) is 1. The highest BCUT2D eigenvalue weighted by Gasteiger charge is 2.24. The summed E-state index contributed by atoms with van der Waals surface area (Å²) in [6.45, 7) is 2.71. The van der Waals surface area contributed by atoms with Gasteiger partial charge in [0, 0.05) is 26.2 Å². The number of ether oxygens (including phenoxy) is 3. The van der Waals surface area contributed by atoms with Crippen LogP contribution in [0.1, 0.15) is 32.2 Å². The molecule has 0 aliphatic carbocycles. The predicted octanol–water partition coefficient (Wildman–Crippen LogP) is 2.54. The van der Waals surface area contributed by atoms with Crippen LogP contribution in [0.15, 0.2) is 21.5 Å². The van der Waals surface area contributed by atoms with Gasteiger partial charge in [-0.2, -0.15) is 0 Å². The molecule has 7 heteroatoms. The average molecular weight is 376 g/mol. The molecule has 0 spiro atoms. The Morgan fingerprint density at radius 2 is 2.09 bits per heavy atom. The van der Waals surface area contributed by atoms with Crippen LogP contribution >= 0.6 is 15.9 Å². The van der Waals surface area contributed by atoms with Crippen molar-refractivity contribution in [1.29, 1.82) is 0 Å². The third-order valence-corrected chi connectivity index (χ3v) is 3.78. The average Bonchev–Trinajstić information content (AvgIpc) is 2.49. The molecule has 1 unspecified atom stereocenters. The van der Waals surface area contributed by atoms with Gasteiger partial charge < -0.3 is 14.2 Å². The Bertz CT molecular complexity index is 543. The van der Waals surface area contributed by atoms with Crippen LogP contribution in [0.5, 0.6) is 5.75 Å². The van der Waals surface area contributed by atoms with Gasteiger partial charge in [-0.3, -0.25) is 9.36 Å². The molecule has 124 valence electrons. The topological polar surface area (TPSA) is 66.8 Å². The molecule has 1 heterocycles. The van der Waals surface area contributed by atoms with Gasteiger partial charge in [0.05, 0.1) is 24.4 Å². The van der Waals surface area contributed by atoms with Gasteiger partial charge in [-0.1, -0.05) is 13.3 Å². The Morgan fingerprint density at radius 1 is 1.36 bits per heavy atom. The summed E-state index contributed by atoms with van der Waals surface area (Å²) >= 11 is 3.25. The highest BCUT2D eigenvalue weighted by atomic mass is 79.9. The van der Waals surface area contributed by atoms with Crippen LogP contribution in [-0.4, -0.2) is 38.0 Å². The third kappa shape index (κ3) is 5.14. The summed E-state index contributed by atoms with van der Waals surface area (Å²) in [4.78, 5) is 24.4. The first-order valence-corrected chi connectivity index (χ1v) is 7.95. The number of hydrogen-bond donors (Lipinski definition) is 0. The first-order chi connectivity index (χ1) is 10.5. The van der Waals surface area contributed by atoms with Crippen molar-refractivity contribution >= 4 is 21.9 Å². The van der Waals surface area contributed by atoms with E-state index in [2.05, 4.69) is 15.9 Å². The Morgan fingerprint density at radius 3 is 2.68 bits per heavy atom. The zero-order valence-electron chi connectivity index (χ0n) is 13.1. The lowest BCUT2D eigenvalue weighted by Crippen LogP contribution is -2.31. The molecule has 1 rings (SSSR count). The zero-order valence-corrected chi connectivity index (χ0v) is 14.7. The van der Waals surface area contributed by atoms with Gasteiger partial charge in [0.2, 0.25) is 0 Å². The SMILES string of the molecule is CCCCOC(=O)C(CCOC)n1cc(OC)c(Br)cc1=O. The molecule has 22 heavy (non-hydrogen) atoms. The van der Waals surface area contributed by atoms with Crippen molar-refractivity contribution < 1.29 is 19.0 Å². The van der Waals surface area contributed by atoms with Crippen molar-refractivity contribution in [2.75, 3.05) is 27.4 Å². The van der Waals surface area contributed by atoms with E-state index in [-0.39, 0.29) is 5.56 Å². The summed E-state index contributed by atoms with van der Waals surface area (Å²) in [7, 11) is 3.04. The molecule has 1 atom stereocenters. The zero-order chi connectivity index (χ0) is 16.5. The first kappa shape index (κ1) is 18.7. The molecule has 0 aliphatic rings. The van der Waals surface area contributed by atoms with Crippen molar-refractivity contribution in [1.82, 2.24) is 4.57 Å². The summed E-state index contributed by atoms with van der Waals surface area (Å²) in [5.74, 6) is 0.0420. The lowest BCUT2D eigenvalue weighted by atomic mass is 10.2. The highest BCUT2D eigenvalue weighted by molar-refractivity contribution is 9.10. The molecule has 0 radical (unpaired) electrons. The van der Waals surface area contributed by atoms with Gasteiger partial charge in [-0.15, -0.1) is 0 Å². The number of esters is 1. The number of carbonyl (C=O) groups is 1. The molecule has 0 saturated heterocycles. The van der Waals surface area contributed by atoms with E-state index in [4.69, 9.17) is 14.2 Å². The number of halogens is 1. The summed E-state index contributed by atoms with van der Waals surface area (Å²) in [6, 6.07) is 0.643. The molecule has 0 N–H and O–H groups in total. The van der Waals surface area contributed by atoms with E-state index >= 15 is 0 Å². The molecular weight excluding hydrogens is 354 g/mol. The minimum atomic E-state index is -0.730. The van der Waals surface area contributed by atoms with E-state index in [0.29, 0.717) is 29.9 Å². The third-order valence-electron chi connectivity index (χ3n) is 3.16. The van der Waals surface area contributed by atoms with E-state index in [1.54, 1.807) is 7.11 Å². The summed E-state index contributed by atoms with van der Waals surface area (Å²) in [5, 5.41) is 0. The Kier molecular flexibility index (Phi) is 8.19. The van der Waals surface area contributed by atoms with Gasteiger partial charge in [0.25, 0.3) is 5.56 Å². The van der Waals surface area contributed by atoms with Crippen LogP contribution in [0.25, 0.3) is 0 Å². The van der Waals surface area contributed by atoms with E-state index in [1.165, 1.54) is 23.9 Å². The lowest BCUT2D eigenvalue weighted by molar-refractivity contribution is -0.148. The van der Waals surface area contributed by atoms with Gasteiger partial charge in [0.1, 0.15) is 11.8 Å². The highest BCUT2D eigenvalue weighted by Crippen LogP contribution is 2.24. The van der Waals surface area contributed by atoms with Gasteiger partial charge in [-0.05, 0) is 22.4 Å². The van der Waals surface area contributed by atoms with Crippen molar-refractivity contribution in [3.63, 3.8) is 0 Å². The largest absolute Gasteiger partial charge is 0.494 e. The standard InChI is InChI=1S/C15H22BrNO5/c1-4-5-7-22-15(19)12(6-8-20-2)17-10-13(21-3)11(16)9-14(17)18/h9-10,12H,4-8H2,1-3H3. The number of methoxy groups -OCH3 is 2. The number of pyridine rings is 1. The fourth-order valence-corrected chi connectivity index (χ4v) is 2.37. The van der Waals surface area contributed by atoms with Gasteiger partial charge in [-0.25, -0.2) is 4.79 Å². The number of aromatic nitrogens is 1. The molecule has 0 aliphatic heterocycles. The maximum Gasteiger partial charge on any atom is 0.329 e. The normalized spacial score (nSPS) is 12.0. The Balaban J connectivity index is 3.05. The molecule has 0 saturated carbocycles. The van der Waals surface area contributed by atoms with E-state index in [0.717, 1.165) is 12.8 Å². The Labute approximate surface area is 138 Å². The quantitative estimate of drug-likeness (QED) is 0.490. The fraction of sp³-hybridized carbons (Fsp3) is 0.600. The smallest absolute Gasteiger partial charge is 0.329 e. The second-order valence-electron chi connectivity index (χ2n) is 4.75. The summed E-state index contributed by atoms with van der Waals surface area (Å²) in [5.41, 5.74) is -0.304. The van der Waals surface area contributed by atoms with Crippen LogP contribution in [0.3, 0.4) is 0 Å². The van der Waals surface area contributed by atoms with Crippen LogP contribution in [0, 0.1) is 0 Å². The van der Waals surface area contributed by atoms with Gasteiger partial charge in [0.15, 0.2) is 0 Å². The monoisotopic (exact) mass is 375 g/mol. The molecule has 0 aromatic carbocycles. The summed E-state index contributed by atoms with van der Waals surface area (Å²) < 4.78 is 17.3. The second-order valence-corrected chi connectivity index (χ2v) is 5.61. The fourth-order valence-electron chi connectivity index (χ4n) is 1.91. The van der Waals surface area contributed by atoms with E-state index in [1.807, 2.05) is 6.92 Å². The minimum Gasteiger partial charge on any atom is -0.494 e. The first-order valence-electron chi connectivity index (χ1n) is 7.16. The van der Waals surface area contributed by atoms with Gasteiger partial charge >= 0.3 is 5.97 Å². The number of nitrogens with zero attached hydrogens (tertiary/aromatic N) is 1. The number of carbonyl (C=O) groups excluding carboxylic acids is 1. The summed E-state index contributed by atoms with van der Waals surface area (Å²) in [6.07, 6.45) is 3.59. The molecular formula is C15H22BrNO5. The maximum absolute atomic E-state index is 12.3. The number of hydrogen-bond acceptors (Lipinski definition) is 5. The van der Waals surface area contributed by atoms with Crippen molar-refractivity contribution in [2.45, 2.75) is 32.2 Å². The van der Waals surface area contributed by atoms with Crippen molar-refractivity contribution in [3.05, 3.63) is 27.1 Å². The molecule has 6 nitrogen and oxygen atoms in total. The van der Waals surface area contributed by atoms with Crippen LogP contribution in [0.2, 0.25) is 0 Å². The van der Waals surface area contributed by atoms with Crippen LogP contribution in [0.4, 0.5) is 0 Å². The molecule has 0 fully saturated rings. The van der Waals surface area contributed by atoms with Crippen LogP contribution < -0.4 is 10.3 Å². The minimum absolute atomic E-state index is 0.304. The van der Waals surface area contributed by atoms with Crippen molar-refractivity contribution in [3.8, 4) is 5.75 Å². The van der Waals surface area contributed by atoms with Crippen molar-refractivity contribution in [2.24, 2.45) is 0 Å². The lowest BCUT2D eigenvalue weighted by Gasteiger charge is -2.19. The maximum atomic E-state index is 12.3. The molecule has 1 aromatic rings. The van der Waals surface area contributed by atoms with Crippen LogP contribution in [-0.2, 0) is 14.3 Å². The van der Waals surface area contributed by atoms with E-state index in [9.17, 15) is 9.59 Å². The second kappa shape index (κ2) is 9.63. The number of rotatable bonds is 9. The molecule has 1 aromatic heterocycles. The Hall–Kier alpha value is -1.34. The van der Waals surface area contributed by atoms with E-state index < -0.39 is 12.0 Å². The molecule has 0 bridgehead atoms.